The second-order valence-corrected chi connectivity index (χ2v) is 7.98. The summed E-state index contributed by atoms with van der Waals surface area (Å²) in [5.74, 6) is -0.0325. The molecule has 1 aliphatic heterocycles. The lowest BCUT2D eigenvalue weighted by molar-refractivity contribution is 0.0141. The fourth-order valence-electron chi connectivity index (χ4n) is 2.25. The molecular weight excluding hydrogens is 431 g/mol. The van der Waals surface area contributed by atoms with Crippen molar-refractivity contribution >= 4 is 46.2 Å². The number of carbonyl (C=O) groups excluding carboxylic acids is 2. The predicted molar refractivity (Wildman–Crippen MR) is 97.9 cm³/mol. The number of rotatable bonds is 1. The average Bonchev–Trinajstić information content (AvgIpc) is 2.45. The average molecular weight is 451 g/mol. The van der Waals surface area contributed by atoms with Crippen LogP contribution < -0.4 is 0 Å². The number of ether oxygens (including phenoxy) is 1. The van der Waals surface area contributed by atoms with Gasteiger partial charge in [-0.25, -0.2) is 4.79 Å². The van der Waals surface area contributed by atoms with Crippen LogP contribution in [0.4, 0.5) is 4.79 Å². The van der Waals surface area contributed by atoms with E-state index >= 15 is 0 Å². The smallest absolute Gasteiger partial charge is 0.410 e. The molecule has 1 aromatic rings. The minimum Gasteiger partial charge on any atom is -0.444 e. The normalized spacial score (nSPS) is 15.5. The molecule has 1 aliphatic rings. The van der Waals surface area contributed by atoms with Crippen LogP contribution in [0.5, 0.6) is 0 Å². The second kappa shape index (κ2) is 7.25. The summed E-state index contributed by atoms with van der Waals surface area (Å²) in [7, 11) is 0. The number of carbonyl (C=O) groups is 2. The number of nitrogens with zero attached hydrogens (tertiary/aromatic N) is 2. The van der Waals surface area contributed by atoms with E-state index in [0.717, 1.165) is 3.57 Å². The summed E-state index contributed by atoms with van der Waals surface area (Å²) in [4.78, 5) is 28.0. The van der Waals surface area contributed by atoms with Gasteiger partial charge in [-0.05, 0) is 61.6 Å². The van der Waals surface area contributed by atoms with Crippen LogP contribution in [0.15, 0.2) is 18.2 Å². The first-order valence-corrected chi connectivity index (χ1v) is 8.85. The molecule has 1 fully saturated rings. The van der Waals surface area contributed by atoms with Gasteiger partial charge in [0, 0.05) is 34.8 Å². The van der Waals surface area contributed by atoms with E-state index in [4.69, 9.17) is 16.3 Å². The molecule has 1 saturated heterocycles. The molecule has 7 heteroatoms. The van der Waals surface area contributed by atoms with E-state index in [1.807, 2.05) is 20.8 Å². The third-order valence-corrected chi connectivity index (χ3v) is 4.51. The summed E-state index contributed by atoms with van der Waals surface area (Å²) in [6, 6.07) is 5.23. The Labute approximate surface area is 155 Å². The van der Waals surface area contributed by atoms with Crippen LogP contribution in [0.3, 0.4) is 0 Å². The van der Waals surface area contributed by atoms with Gasteiger partial charge in [-0.1, -0.05) is 11.6 Å². The number of hydrogen-bond acceptors (Lipinski definition) is 3. The van der Waals surface area contributed by atoms with Crippen LogP contribution in [-0.2, 0) is 4.74 Å². The van der Waals surface area contributed by atoms with E-state index in [9.17, 15) is 9.59 Å². The van der Waals surface area contributed by atoms with Crippen molar-refractivity contribution in [3.8, 4) is 0 Å². The number of halogens is 2. The van der Waals surface area contributed by atoms with Crippen molar-refractivity contribution in [1.29, 1.82) is 0 Å². The maximum atomic E-state index is 12.6. The van der Waals surface area contributed by atoms with Crippen molar-refractivity contribution < 1.29 is 14.3 Å². The number of benzene rings is 1. The summed E-state index contributed by atoms with van der Waals surface area (Å²) in [5, 5.41) is 0.612. The molecule has 0 bridgehead atoms. The van der Waals surface area contributed by atoms with Gasteiger partial charge in [0.2, 0.25) is 0 Å². The van der Waals surface area contributed by atoms with Crippen molar-refractivity contribution in [3.63, 3.8) is 0 Å². The lowest BCUT2D eigenvalue weighted by Crippen LogP contribution is -2.51. The largest absolute Gasteiger partial charge is 0.444 e. The molecule has 0 radical (unpaired) electrons. The Kier molecular flexibility index (Phi) is 5.78. The minimum atomic E-state index is -0.510. The van der Waals surface area contributed by atoms with E-state index in [1.165, 1.54) is 0 Å². The maximum Gasteiger partial charge on any atom is 0.410 e. The van der Waals surface area contributed by atoms with Crippen molar-refractivity contribution in [2.24, 2.45) is 0 Å². The highest BCUT2D eigenvalue weighted by molar-refractivity contribution is 14.1. The zero-order chi connectivity index (χ0) is 17.2. The summed E-state index contributed by atoms with van der Waals surface area (Å²) in [5.41, 5.74) is 0.129. The summed E-state index contributed by atoms with van der Waals surface area (Å²) >= 11 is 8.04. The quantitative estimate of drug-likeness (QED) is 0.614. The molecule has 2 rings (SSSR count). The lowest BCUT2D eigenvalue weighted by Gasteiger charge is -2.35. The highest BCUT2D eigenvalue weighted by Crippen LogP contribution is 2.20. The Bertz CT molecular complexity index is 608. The highest BCUT2D eigenvalue weighted by Gasteiger charge is 2.28. The van der Waals surface area contributed by atoms with Gasteiger partial charge in [-0.2, -0.15) is 0 Å². The van der Waals surface area contributed by atoms with Crippen molar-refractivity contribution in [2.45, 2.75) is 26.4 Å². The van der Waals surface area contributed by atoms with Crippen molar-refractivity contribution in [2.75, 3.05) is 26.2 Å². The van der Waals surface area contributed by atoms with Crippen molar-refractivity contribution in [3.05, 3.63) is 32.4 Å². The van der Waals surface area contributed by atoms with Gasteiger partial charge in [-0.15, -0.1) is 0 Å². The third-order valence-electron chi connectivity index (χ3n) is 3.38. The third kappa shape index (κ3) is 4.97. The Morgan fingerprint density at radius 2 is 1.70 bits per heavy atom. The molecule has 0 spiro atoms. The molecule has 1 heterocycles. The van der Waals surface area contributed by atoms with Crippen LogP contribution in [-0.4, -0.2) is 53.6 Å². The van der Waals surface area contributed by atoms with Crippen LogP contribution in [0, 0.1) is 3.57 Å². The van der Waals surface area contributed by atoms with Gasteiger partial charge in [0.15, 0.2) is 0 Å². The van der Waals surface area contributed by atoms with E-state index in [2.05, 4.69) is 22.6 Å². The molecule has 0 unspecified atom stereocenters. The lowest BCUT2D eigenvalue weighted by atomic mass is 10.2. The molecule has 0 saturated carbocycles. The van der Waals surface area contributed by atoms with Gasteiger partial charge in [0.1, 0.15) is 5.60 Å². The summed E-state index contributed by atoms with van der Waals surface area (Å²) in [6.07, 6.45) is -0.328. The molecule has 0 aliphatic carbocycles. The van der Waals surface area contributed by atoms with Crippen molar-refractivity contribution in [1.82, 2.24) is 9.80 Å². The fourth-order valence-corrected chi connectivity index (χ4v) is 3.35. The van der Waals surface area contributed by atoms with Gasteiger partial charge in [0.25, 0.3) is 5.91 Å². The molecule has 2 amide bonds. The molecule has 0 atom stereocenters. The Morgan fingerprint density at radius 3 is 2.22 bits per heavy atom. The van der Waals surface area contributed by atoms with Gasteiger partial charge in [0.05, 0.1) is 5.56 Å². The van der Waals surface area contributed by atoms with E-state index in [1.54, 1.807) is 28.0 Å². The monoisotopic (exact) mass is 450 g/mol. The molecule has 126 valence electrons. The molecule has 1 aromatic carbocycles. The number of piperazine rings is 1. The molecule has 5 nitrogen and oxygen atoms in total. The zero-order valence-electron chi connectivity index (χ0n) is 13.4. The van der Waals surface area contributed by atoms with E-state index < -0.39 is 5.60 Å². The Morgan fingerprint density at radius 1 is 1.13 bits per heavy atom. The molecule has 0 N–H and O–H groups in total. The van der Waals surface area contributed by atoms with Gasteiger partial charge in [-0.3, -0.25) is 4.79 Å². The van der Waals surface area contributed by atoms with Crippen LogP contribution in [0.2, 0.25) is 5.02 Å². The summed E-state index contributed by atoms with van der Waals surface area (Å²) < 4.78 is 6.19. The minimum absolute atomic E-state index is 0.0325. The van der Waals surface area contributed by atoms with Gasteiger partial charge >= 0.3 is 6.09 Å². The fraction of sp³-hybridized carbons (Fsp3) is 0.500. The van der Waals surface area contributed by atoms with E-state index in [-0.39, 0.29) is 12.0 Å². The highest BCUT2D eigenvalue weighted by atomic mass is 127. The SMILES string of the molecule is CC(C)(C)OC(=O)N1CCN(C(=O)c2ccc(Cl)cc2I)CC1. The summed E-state index contributed by atoms with van der Waals surface area (Å²) in [6.45, 7) is 7.47. The predicted octanol–water partition coefficient (Wildman–Crippen LogP) is 3.64. The van der Waals surface area contributed by atoms with Crippen LogP contribution in [0.1, 0.15) is 31.1 Å². The topological polar surface area (TPSA) is 49.9 Å². The Balaban J connectivity index is 1.96. The van der Waals surface area contributed by atoms with Gasteiger partial charge < -0.3 is 14.5 Å². The number of amides is 2. The molecular formula is C16H20ClIN2O3. The molecule has 23 heavy (non-hydrogen) atoms. The first kappa shape index (κ1) is 18.3. The second-order valence-electron chi connectivity index (χ2n) is 6.38. The first-order valence-electron chi connectivity index (χ1n) is 7.39. The van der Waals surface area contributed by atoms with E-state index in [0.29, 0.717) is 36.8 Å². The first-order chi connectivity index (χ1) is 10.7. The Hall–Kier alpha value is -1.02. The molecule has 0 aromatic heterocycles. The zero-order valence-corrected chi connectivity index (χ0v) is 16.3. The maximum absolute atomic E-state index is 12.6. The number of hydrogen-bond donors (Lipinski definition) is 0. The van der Waals surface area contributed by atoms with Crippen LogP contribution in [0.25, 0.3) is 0 Å². The van der Waals surface area contributed by atoms with Crippen LogP contribution >= 0.6 is 34.2 Å². The standard InChI is InChI=1S/C16H20ClIN2O3/c1-16(2,3)23-15(22)20-8-6-19(7-9-20)14(21)12-5-4-11(17)10-13(12)18/h4-5,10H,6-9H2,1-3H3.